The number of nitrogens with zero attached hydrogens (tertiary/aromatic N) is 2. The van der Waals surface area contributed by atoms with Crippen molar-refractivity contribution in [3.05, 3.63) is 40.3 Å². The predicted octanol–water partition coefficient (Wildman–Crippen LogP) is 3.00. The number of fused-ring (bicyclic) bond motifs is 1. The van der Waals surface area contributed by atoms with Gasteiger partial charge in [-0.2, -0.15) is 8.42 Å². The lowest BCUT2D eigenvalue weighted by Gasteiger charge is -2.08. The highest BCUT2D eigenvalue weighted by Crippen LogP contribution is 2.27. The Bertz CT molecular complexity index is 884. The summed E-state index contributed by atoms with van der Waals surface area (Å²) in [6.45, 7) is 0. The molecule has 0 atom stereocenters. The average Bonchev–Trinajstić information content (AvgIpc) is 3.00. The number of aromatic nitrogens is 2. The minimum atomic E-state index is -3.74. The second-order valence-electron chi connectivity index (χ2n) is 4.18. The van der Waals surface area contributed by atoms with Gasteiger partial charge >= 0.3 is 0 Å². The first kappa shape index (κ1) is 14.4. The SMILES string of the molecule is CNc1nc2sccn2c1S(=O)(=O)Nc1ccc(Br)cc1. The number of imidazole rings is 1. The fourth-order valence-electron chi connectivity index (χ4n) is 1.91. The van der Waals surface area contributed by atoms with Crippen molar-refractivity contribution in [2.24, 2.45) is 0 Å². The summed E-state index contributed by atoms with van der Waals surface area (Å²) in [7, 11) is -2.10. The van der Waals surface area contributed by atoms with Crippen LogP contribution in [0.3, 0.4) is 0 Å². The molecule has 0 radical (unpaired) electrons. The molecule has 3 aromatic rings. The normalized spacial score (nSPS) is 11.7. The summed E-state index contributed by atoms with van der Waals surface area (Å²) >= 11 is 4.69. The Morgan fingerprint density at radius 2 is 2.00 bits per heavy atom. The van der Waals surface area contributed by atoms with Crippen molar-refractivity contribution in [3.8, 4) is 0 Å². The second kappa shape index (κ2) is 5.32. The van der Waals surface area contributed by atoms with Gasteiger partial charge in [-0.15, -0.1) is 11.3 Å². The van der Waals surface area contributed by atoms with E-state index in [0.717, 1.165) is 4.47 Å². The van der Waals surface area contributed by atoms with E-state index in [2.05, 4.69) is 31.0 Å². The molecule has 2 heterocycles. The molecule has 2 aromatic heterocycles. The minimum Gasteiger partial charge on any atom is -0.371 e. The first-order valence-electron chi connectivity index (χ1n) is 5.93. The van der Waals surface area contributed by atoms with Gasteiger partial charge in [-0.05, 0) is 24.3 Å². The summed E-state index contributed by atoms with van der Waals surface area (Å²) in [5.41, 5.74) is 0.491. The van der Waals surface area contributed by atoms with E-state index in [4.69, 9.17) is 0 Å². The van der Waals surface area contributed by atoms with Gasteiger partial charge in [0, 0.05) is 28.8 Å². The summed E-state index contributed by atoms with van der Waals surface area (Å²) < 4.78 is 30.2. The molecule has 0 saturated heterocycles. The molecule has 0 aliphatic rings. The number of thiazole rings is 1. The van der Waals surface area contributed by atoms with Gasteiger partial charge in [0.05, 0.1) is 0 Å². The summed E-state index contributed by atoms with van der Waals surface area (Å²) in [6.07, 6.45) is 1.68. The molecule has 0 bridgehead atoms. The largest absolute Gasteiger partial charge is 0.371 e. The molecule has 0 aliphatic carbocycles. The molecule has 0 unspecified atom stereocenters. The van der Waals surface area contributed by atoms with Crippen LogP contribution in [0.15, 0.2) is 45.3 Å². The fraction of sp³-hybridized carbons (Fsp3) is 0.0833. The van der Waals surface area contributed by atoms with Crippen LogP contribution in [0, 0.1) is 0 Å². The maximum absolute atomic E-state index is 12.6. The van der Waals surface area contributed by atoms with Crippen LogP contribution in [0.2, 0.25) is 0 Å². The van der Waals surface area contributed by atoms with Gasteiger partial charge in [0.1, 0.15) is 0 Å². The Hall–Kier alpha value is -1.58. The molecule has 21 heavy (non-hydrogen) atoms. The number of halogens is 1. The molecule has 6 nitrogen and oxygen atoms in total. The highest BCUT2D eigenvalue weighted by molar-refractivity contribution is 9.10. The van der Waals surface area contributed by atoms with Crippen molar-refractivity contribution in [3.63, 3.8) is 0 Å². The van der Waals surface area contributed by atoms with E-state index in [1.165, 1.54) is 11.3 Å². The molecule has 1 aromatic carbocycles. The van der Waals surface area contributed by atoms with Crippen molar-refractivity contribution in [2.75, 3.05) is 17.1 Å². The van der Waals surface area contributed by atoms with E-state index in [9.17, 15) is 8.42 Å². The molecule has 0 spiro atoms. The zero-order chi connectivity index (χ0) is 15.0. The Morgan fingerprint density at radius 3 is 2.67 bits per heavy atom. The van der Waals surface area contributed by atoms with Gasteiger partial charge in [0.15, 0.2) is 10.8 Å². The lowest BCUT2D eigenvalue weighted by atomic mass is 10.3. The zero-order valence-electron chi connectivity index (χ0n) is 10.9. The van der Waals surface area contributed by atoms with Crippen LogP contribution in [0.5, 0.6) is 0 Å². The highest BCUT2D eigenvalue weighted by atomic mass is 79.9. The Labute approximate surface area is 134 Å². The molecule has 0 amide bonds. The first-order chi connectivity index (χ1) is 10.0. The number of hydrogen-bond acceptors (Lipinski definition) is 5. The standard InChI is InChI=1S/C12H11BrN4O2S2/c1-14-10-11(17-6-7-20-12(17)15-10)21(18,19)16-9-4-2-8(13)3-5-9/h2-7,14,16H,1H3. The van der Waals surface area contributed by atoms with Crippen molar-refractivity contribution in [1.29, 1.82) is 0 Å². The number of benzene rings is 1. The average molecular weight is 387 g/mol. The number of rotatable bonds is 4. The van der Waals surface area contributed by atoms with Gasteiger partial charge in [0.25, 0.3) is 10.0 Å². The zero-order valence-corrected chi connectivity index (χ0v) is 14.1. The lowest BCUT2D eigenvalue weighted by molar-refractivity contribution is 0.597. The summed E-state index contributed by atoms with van der Waals surface area (Å²) in [5, 5.41) is 4.71. The molecule has 0 aliphatic heterocycles. The van der Waals surface area contributed by atoms with Crippen molar-refractivity contribution >= 4 is 53.8 Å². The molecule has 0 fully saturated rings. The lowest BCUT2D eigenvalue weighted by Crippen LogP contribution is -2.16. The first-order valence-corrected chi connectivity index (χ1v) is 9.08. The van der Waals surface area contributed by atoms with Gasteiger partial charge in [-0.3, -0.25) is 9.12 Å². The Kier molecular flexibility index (Phi) is 3.64. The third-order valence-electron chi connectivity index (χ3n) is 2.81. The third kappa shape index (κ3) is 2.63. The highest BCUT2D eigenvalue weighted by Gasteiger charge is 2.25. The number of nitrogens with one attached hydrogen (secondary N) is 2. The van der Waals surface area contributed by atoms with E-state index in [1.54, 1.807) is 47.3 Å². The third-order valence-corrected chi connectivity index (χ3v) is 5.49. The quantitative estimate of drug-likeness (QED) is 0.722. The number of hydrogen-bond donors (Lipinski definition) is 2. The fourth-order valence-corrected chi connectivity index (χ4v) is 4.29. The summed E-state index contributed by atoms with van der Waals surface area (Å²) in [6, 6.07) is 6.92. The molecular weight excluding hydrogens is 376 g/mol. The van der Waals surface area contributed by atoms with Crippen LogP contribution in [0.4, 0.5) is 11.5 Å². The number of sulfonamides is 1. The summed E-state index contributed by atoms with van der Waals surface area (Å²) in [4.78, 5) is 4.88. The predicted molar refractivity (Wildman–Crippen MR) is 87.6 cm³/mol. The van der Waals surface area contributed by atoms with Crippen LogP contribution < -0.4 is 10.0 Å². The molecule has 0 saturated carbocycles. The number of anilines is 2. The van der Waals surface area contributed by atoms with Crippen LogP contribution in [0.1, 0.15) is 0 Å². The van der Waals surface area contributed by atoms with Crippen LogP contribution >= 0.6 is 27.3 Å². The van der Waals surface area contributed by atoms with E-state index in [1.807, 2.05) is 0 Å². The molecular formula is C12H11BrN4O2S2. The van der Waals surface area contributed by atoms with E-state index in [0.29, 0.717) is 16.5 Å². The van der Waals surface area contributed by atoms with Crippen LogP contribution in [-0.2, 0) is 10.0 Å². The topological polar surface area (TPSA) is 75.5 Å². The molecule has 110 valence electrons. The van der Waals surface area contributed by atoms with Crippen molar-refractivity contribution < 1.29 is 8.42 Å². The van der Waals surface area contributed by atoms with E-state index >= 15 is 0 Å². The Balaban J connectivity index is 2.07. The van der Waals surface area contributed by atoms with E-state index < -0.39 is 10.0 Å². The van der Waals surface area contributed by atoms with Gasteiger partial charge in [-0.25, -0.2) is 4.98 Å². The monoisotopic (exact) mass is 386 g/mol. The minimum absolute atomic E-state index is 0.101. The molecule has 2 N–H and O–H groups in total. The second-order valence-corrected chi connectivity index (χ2v) is 7.57. The van der Waals surface area contributed by atoms with Crippen molar-refractivity contribution in [1.82, 2.24) is 9.38 Å². The van der Waals surface area contributed by atoms with Gasteiger partial charge in [0.2, 0.25) is 5.03 Å². The Morgan fingerprint density at radius 1 is 1.29 bits per heavy atom. The van der Waals surface area contributed by atoms with Crippen LogP contribution in [0.25, 0.3) is 4.96 Å². The molecule has 9 heteroatoms. The van der Waals surface area contributed by atoms with Crippen molar-refractivity contribution in [2.45, 2.75) is 5.03 Å². The maximum Gasteiger partial charge on any atom is 0.281 e. The smallest absolute Gasteiger partial charge is 0.281 e. The van der Waals surface area contributed by atoms with Gasteiger partial charge < -0.3 is 5.32 Å². The van der Waals surface area contributed by atoms with Gasteiger partial charge in [-0.1, -0.05) is 15.9 Å². The maximum atomic E-state index is 12.6. The van der Waals surface area contributed by atoms with Crippen LogP contribution in [-0.4, -0.2) is 24.9 Å². The van der Waals surface area contributed by atoms with E-state index in [-0.39, 0.29) is 5.03 Å². The molecule has 3 rings (SSSR count). The summed E-state index contributed by atoms with van der Waals surface area (Å²) in [5.74, 6) is 0.325.